The van der Waals surface area contributed by atoms with Gasteiger partial charge in [-0.15, -0.1) is 6.42 Å². The van der Waals surface area contributed by atoms with E-state index < -0.39 is 0 Å². The molecule has 0 aliphatic carbocycles. The van der Waals surface area contributed by atoms with Crippen molar-refractivity contribution in [2.24, 2.45) is 5.41 Å². The summed E-state index contributed by atoms with van der Waals surface area (Å²) in [5, 5.41) is 4.55. The average molecular weight is 530 g/mol. The molecule has 0 spiro atoms. The van der Waals surface area contributed by atoms with E-state index in [1.165, 1.54) is 25.4 Å². The van der Waals surface area contributed by atoms with Crippen LogP contribution >= 0.6 is 11.6 Å². The minimum atomic E-state index is -0.363. The number of furan rings is 1. The second-order valence-corrected chi connectivity index (χ2v) is 10.5. The topological polar surface area (TPSA) is 60.2 Å². The van der Waals surface area contributed by atoms with Gasteiger partial charge in [-0.25, -0.2) is 14.4 Å². The van der Waals surface area contributed by atoms with Crippen LogP contribution in [0.3, 0.4) is 0 Å². The highest BCUT2D eigenvalue weighted by Crippen LogP contribution is 2.33. The van der Waals surface area contributed by atoms with Gasteiger partial charge in [0.1, 0.15) is 36.0 Å². The van der Waals surface area contributed by atoms with Gasteiger partial charge in [-0.05, 0) is 73.0 Å². The first kappa shape index (κ1) is 27.0. The van der Waals surface area contributed by atoms with Gasteiger partial charge >= 0.3 is 0 Å². The molecule has 0 fully saturated rings. The molecule has 5 nitrogen and oxygen atoms in total. The maximum Gasteiger partial charge on any atom is 0.141 e. The Morgan fingerprint density at radius 1 is 1.16 bits per heavy atom. The largest absolute Gasteiger partial charge is 0.487 e. The first-order valence-electron chi connectivity index (χ1n) is 12.1. The maximum absolute atomic E-state index is 13.3. The summed E-state index contributed by atoms with van der Waals surface area (Å²) < 4.78 is 25.2. The van der Waals surface area contributed by atoms with Crippen molar-refractivity contribution in [3.8, 4) is 29.4 Å². The Kier molecular flexibility index (Phi) is 8.19. The Morgan fingerprint density at radius 3 is 2.68 bits per heavy atom. The van der Waals surface area contributed by atoms with Crippen molar-refractivity contribution in [3.05, 3.63) is 89.2 Å². The van der Waals surface area contributed by atoms with Gasteiger partial charge in [0.05, 0.1) is 16.4 Å². The van der Waals surface area contributed by atoms with Crippen molar-refractivity contribution < 1.29 is 13.5 Å². The first-order chi connectivity index (χ1) is 18.1. The van der Waals surface area contributed by atoms with Crippen molar-refractivity contribution >= 4 is 34.0 Å². The molecule has 4 aromatic rings. The molecule has 2 aromatic heterocycles. The minimum absolute atomic E-state index is 0.0848. The lowest BCUT2D eigenvalue weighted by atomic mass is 9.91. The number of benzene rings is 2. The van der Waals surface area contributed by atoms with Crippen LogP contribution in [0.4, 0.5) is 15.9 Å². The minimum Gasteiger partial charge on any atom is -0.487 e. The number of aromatic nitrogens is 2. The summed E-state index contributed by atoms with van der Waals surface area (Å²) in [6, 6.07) is 15.3. The number of fused-ring (bicyclic) bond motifs is 1. The Morgan fingerprint density at radius 2 is 1.97 bits per heavy atom. The number of terminal acetylenes is 1. The molecule has 4 rings (SSSR count). The summed E-state index contributed by atoms with van der Waals surface area (Å²) in [7, 11) is 0. The number of anilines is 2. The molecule has 0 saturated heterocycles. The molecule has 7 heteroatoms. The van der Waals surface area contributed by atoms with Crippen LogP contribution in [0.1, 0.15) is 33.5 Å². The van der Waals surface area contributed by atoms with Gasteiger partial charge in [0.2, 0.25) is 0 Å². The molecular weight excluding hydrogens is 501 g/mol. The molecule has 2 aromatic carbocycles. The van der Waals surface area contributed by atoms with Gasteiger partial charge in [0.15, 0.2) is 0 Å². The SMILES string of the molecule is C#C/C=C(\C=C(/C)F)COc1ccc(Nc2ncnc3ccc(-c4ccc(CC(C)(C)C)o4)cc23)cc1Cl. The van der Waals surface area contributed by atoms with Gasteiger partial charge in [0.25, 0.3) is 0 Å². The van der Waals surface area contributed by atoms with Gasteiger partial charge in [-0.3, -0.25) is 0 Å². The van der Waals surface area contributed by atoms with Gasteiger partial charge < -0.3 is 14.5 Å². The van der Waals surface area contributed by atoms with Crippen molar-refractivity contribution in [2.75, 3.05) is 11.9 Å². The van der Waals surface area contributed by atoms with Crippen LogP contribution in [0.5, 0.6) is 5.75 Å². The highest BCUT2D eigenvalue weighted by atomic mass is 35.5. The molecule has 0 unspecified atom stereocenters. The lowest BCUT2D eigenvalue weighted by molar-refractivity contribution is 0.355. The van der Waals surface area contributed by atoms with Crippen molar-refractivity contribution in [1.82, 2.24) is 9.97 Å². The first-order valence-corrected chi connectivity index (χ1v) is 12.5. The van der Waals surface area contributed by atoms with Crippen LogP contribution in [0.25, 0.3) is 22.2 Å². The summed E-state index contributed by atoms with van der Waals surface area (Å²) in [4.78, 5) is 8.86. The number of allylic oxidation sites excluding steroid dienone is 2. The highest BCUT2D eigenvalue weighted by Gasteiger charge is 2.15. The fourth-order valence-corrected chi connectivity index (χ4v) is 4.18. The fraction of sp³-hybridized carbons (Fsp3) is 0.226. The standard InChI is InChI=1S/C31H29ClFN3O2/c1-6-7-21(14-20(2)33)18-37-29-12-9-23(16-26(29)32)36-30-25-15-22(8-11-27(25)34-19-35-30)28-13-10-24(38-28)17-31(3,4)5/h1,7-16,19H,17-18H2,2-5H3,(H,34,35,36)/b20-14+,21-7+. The third-order valence-corrected chi connectivity index (χ3v) is 5.82. The number of rotatable bonds is 8. The average Bonchev–Trinajstić information content (AvgIpc) is 3.30. The van der Waals surface area contributed by atoms with E-state index in [1.54, 1.807) is 12.1 Å². The second-order valence-electron chi connectivity index (χ2n) is 10.1. The summed E-state index contributed by atoms with van der Waals surface area (Å²) in [5.74, 6) is 4.84. The van der Waals surface area contributed by atoms with E-state index in [0.717, 1.165) is 40.1 Å². The van der Waals surface area contributed by atoms with Crippen LogP contribution < -0.4 is 10.1 Å². The molecule has 0 aliphatic rings. The molecule has 0 atom stereocenters. The predicted octanol–water partition coefficient (Wildman–Crippen LogP) is 8.69. The van der Waals surface area contributed by atoms with Crippen molar-refractivity contribution in [2.45, 2.75) is 34.1 Å². The van der Waals surface area contributed by atoms with Gasteiger partial charge in [-0.1, -0.05) is 38.3 Å². The molecule has 0 bridgehead atoms. The Balaban J connectivity index is 1.55. The zero-order valence-electron chi connectivity index (χ0n) is 21.8. The molecular formula is C31H29ClFN3O2. The van der Waals surface area contributed by atoms with Crippen LogP contribution in [0, 0.1) is 17.8 Å². The Hall–Kier alpha value is -4.08. The van der Waals surface area contributed by atoms with E-state index in [9.17, 15) is 4.39 Å². The highest BCUT2D eigenvalue weighted by molar-refractivity contribution is 6.32. The number of hydrogen-bond acceptors (Lipinski definition) is 5. The Bertz CT molecular complexity index is 1550. The molecule has 0 radical (unpaired) electrons. The third-order valence-electron chi connectivity index (χ3n) is 5.53. The second kappa shape index (κ2) is 11.5. The monoisotopic (exact) mass is 529 g/mol. The van der Waals surface area contributed by atoms with E-state index >= 15 is 0 Å². The smallest absolute Gasteiger partial charge is 0.141 e. The number of halogens is 2. The van der Waals surface area contributed by atoms with Crippen LogP contribution in [-0.4, -0.2) is 16.6 Å². The van der Waals surface area contributed by atoms with Gasteiger partial charge in [-0.2, -0.15) is 0 Å². The fourth-order valence-electron chi connectivity index (χ4n) is 3.94. The van der Waals surface area contributed by atoms with Crippen molar-refractivity contribution in [3.63, 3.8) is 0 Å². The number of hydrogen-bond donors (Lipinski definition) is 1. The number of nitrogens with zero attached hydrogens (tertiary/aromatic N) is 2. The summed E-state index contributed by atoms with van der Waals surface area (Å²) in [5.41, 5.74) is 3.11. The zero-order chi connectivity index (χ0) is 27.3. The molecule has 0 saturated carbocycles. The van der Waals surface area contributed by atoms with Crippen LogP contribution in [0.15, 0.2) is 82.8 Å². The number of nitrogens with one attached hydrogen (secondary N) is 1. The Labute approximate surface area is 227 Å². The normalized spacial score (nSPS) is 12.4. The van der Waals surface area contributed by atoms with E-state index in [1.807, 2.05) is 36.4 Å². The van der Waals surface area contributed by atoms with E-state index in [-0.39, 0.29) is 17.8 Å². The van der Waals surface area contributed by atoms with Crippen LogP contribution in [-0.2, 0) is 6.42 Å². The number of ether oxygens (including phenoxy) is 1. The summed E-state index contributed by atoms with van der Waals surface area (Å²) in [6.45, 7) is 7.98. The quantitative estimate of drug-likeness (QED) is 0.183. The van der Waals surface area contributed by atoms with E-state index in [2.05, 4.69) is 42.0 Å². The lowest BCUT2D eigenvalue weighted by Crippen LogP contribution is -2.08. The van der Waals surface area contributed by atoms with Crippen molar-refractivity contribution in [1.29, 1.82) is 0 Å². The van der Waals surface area contributed by atoms with Gasteiger partial charge in [0, 0.05) is 28.6 Å². The lowest BCUT2D eigenvalue weighted by Gasteiger charge is -2.15. The summed E-state index contributed by atoms with van der Waals surface area (Å²) in [6.07, 6.45) is 10.5. The van der Waals surface area contributed by atoms with Crippen LogP contribution in [0.2, 0.25) is 5.02 Å². The molecule has 38 heavy (non-hydrogen) atoms. The maximum atomic E-state index is 13.3. The third kappa shape index (κ3) is 7.02. The molecule has 2 heterocycles. The molecule has 1 N–H and O–H groups in total. The predicted molar refractivity (Wildman–Crippen MR) is 152 cm³/mol. The molecule has 194 valence electrons. The zero-order valence-corrected chi connectivity index (χ0v) is 22.6. The van der Waals surface area contributed by atoms with E-state index in [4.69, 9.17) is 27.2 Å². The summed E-state index contributed by atoms with van der Waals surface area (Å²) >= 11 is 6.47. The molecule has 0 amide bonds. The molecule has 0 aliphatic heterocycles. The van der Waals surface area contributed by atoms with E-state index in [0.29, 0.717) is 22.2 Å².